The van der Waals surface area contributed by atoms with Crippen LogP contribution >= 0.6 is 0 Å². The smallest absolute Gasteiger partial charge is 0.338 e. The minimum Gasteiger partial charge on any atom is -0.495 e. The van der Waals surface area contributed by atoms with E-state index in [1.54, 1.807) is 6.07 Å². The van der Waals surface area contributed by atoms with Crippen molar-refractivity contribution < 1.29 is 32.2 Å². The Kier molecular flexibility index (Phi) is 7.11. The summed E-state index contributed by atoms with van der Waals surface area (Å²) >= 11 is 0. The van der Waals surface area contributed by atoms with E-state index >= 15 is 0 Å². The first kappa shape index (κ1) is 23.4. The third kappa shape index (κ3) is 5.10. The van der Waals surface area contributed by atoms with Crippen LogP contribution in [0.5, 0.6) is 5.75 Å². The van der Waals surface area contributed by atoms with Gasteiger partial charge in [0.25, 0.3) is 0 Å². The lowest BCUT2D eigenvalue weighted by atomic mass is 9.90. The van der Waals surface area contributed by atoms with Gasteiger partial charge in [0.2, 0.25) is 10.0 Å². The number of Topliss-reactive ketones (excluding diaryl/α,β-unsaturated/α-hetero) is 1. The Morgan fingerprint density at radius 1 is 0.970 bits per heavy atom. The van der Waals surface area contributed by atoms with Crippen LogP contribution in [0.3, 0.4) is 0 Å². The van der Waals surface area contributed by atoms with Crippen LogP contribution in [0.1, 0.15) is 44.7 Å². The Bertz CT molecular complexity index is 1150. The predicted molar refractivity (Wildman–Crippen MR) is 120 cm³/mol. The zero-order chi connectivity index (χ0) is 23.4. The number of rotatable bonds is 7. The maximum Gasteiger partial charge on any atom is 0.338 e. The highest BCUT2D eigenvalue weighted by Gasteiger charge is 2.30. The third-order valence-electron chi connectivity index (χ3n) is 5.99. The molecule has 0 N–H and O–H groups in total. The summed E-state index contributed by atoms with van der Waals surface area (Å²) in [6.45, 7) is 0.613. The standard InChI is InChI=1S/C24H27NO7S/c1-30-22-9-8-20(15-23(22)33(28,29)25-10-12-31-13-11-25)24(27)32-16-21(26)19-7-6-17-4-2-3-5-18(17)14-19/h6-9,14-15H,2-5,10-13,16H2,1H3. The summed E-state index contributed by atoms with van der Waals surface area (Å²) in [6.07, 6.45) is 4.23. The minimum atomic E-state index is -3.89. The highest BCUT2D eigenvalue weighted by atomic mass is 32.2. The molecule has 0 saturated carbocycles. The van der Waals surface area contributed by atoms with Crippen molar-refractivity contribution >= 4 is 21.8 Å². The normalized spacial score (nSPS) is 16.6. The molecule has 9 heteroatoms. The number of nitrogens with zero attached hydrogens (tertiary/aromatic N) is 1. The Labute approximate surface area is 193 Å². The fraction of sp³-hybridized carbons (Fsp3) is 0.417. The lowest BCUT2D eigenvalue weighted by molar-refractivity contribution is 0.0474. The summed E-state index contributed by atoms with van der Waals surface area (Å²) in [5.41, 5.74) is 2.98. The van der Waals surface area contributed by atoms with Gasteiger partial charge >= 0.3 is 5.97 Å². The van der Waals surface area contributed by atoms with E-state index in [0.29, 0.717) is 18.8 Å². The number of methoxy groups -OCH3 is 1. The molecule has 1 aliphatic carbocycles. The lowest BCUT2D eigenvalue weighted by Gasteiger charge is -2.26. The second-order valence-corrected chi connectivity index (χ2v) is 9.98. The number of hydrogen-bond acceptors (Lipinski definition) is 7. The van der Waals surface area contributed by atoms with E-state index in [-0.39, 0.29) is 35.1 Å². The van der Waals surface area contributed by atoms with Crippen LogP contribution in [0.15, 0.2) is 41.3 Å². The molecule has 0 spiro atoms. The molecule has 0 unspecified atom stereocenters. The maximum absolute atomic E-state index is 13.1. The molecule has 1 saturated heterocycles. The second-order valence-electron chi connectivity index (χ2n) is 8.07. The van der Waals surface area contributed by atoms with E-state index in [1.165, 1.54) is 40.7 Å². The van der Waals surface area contributed by atoms with E-state index in [0.717, 1.165) is 25.7 Å². The van der Waals surface area contributed by atoms with Gasteiger partial charge in [-0.25, -0.2) is 13.2 Å². The lowest BCUT2D eigenvalue weighted by Crippen LogP contribution is -2.40. The van der Waals surface area contributed by atoms with Crippen LogP contribution in [0, 0.1) is 0 Å². The highest BCUT2D eigenvalue weighted by molar-refractivity contribution is 7.89. The number of ether oxygens (including phenoxy) is 3. The number of hydrogen-bond donors (Lipinski definition) is 0. The van der Waals surface area contributed by atoms with Crippen molar-refractivity contribution in [1.29, 1.82) is 0 Å². The van der Waals surface area contributed by atoms with Crippen LogP contribution in [-0.2, 0) is 32.3 Å². The second kappa shape index (κ2) is 10.0. The number of sulfonamides is 1. The van der Waals surface area contributed by atoms with Crippen LogP contribution < -0.4 is 4.74 Å². The Morgan fingerprint density at radius 3 is 2.39 bits per heavy atom. The van der Waals surface area contributed by atoms with Crippen molar-refractivity contribution in [1.82, 2.24) is 4.31 Å². The molecule has 0 atom stereocenters. The predicted octanol–water partition coefficient (Wildman–Crippen LogP) is 2.63. The van der Waals surface area contributed by atoms with Gasteiger partial charge in [-0.2, -0.15) is 4.31 Å². The number of ketones is 1. The zero-order valence-electron chi connectivity index (χ0n) is 18.5. The van der Waals surface area contributed by atoms with E-state index in [9.17, 15) is 18.0 Å². The number of carbonyl (C=O) groups excluding carboxylic acids is 2. The fourth-order valence-electron chi connectivity index (χ4n) is 4.14. The number of esters is 1. The first-order chi connectivity index (χ1) is 15.9. The average Bonchev–Trinajstić information content (AvgIpc) is 2.86. The van der Waals surface area contributed by atoms with Gasteiger partial charge in [-0.3, -0.25) is 4.79 Å². The van der Waals surface area contributed by atoms with Crippen molar-refractivity contribution in [3.05, 3.63) is 58.7 Å². The molecule has 1 heterocycles. The average molecular weight is 474 g/mol. The SMILES string of the molecule is COc1ccc(C(=O)OCC(=O)c2ccc3c(c2)CCCC3)cc1S(=O)(=O)N1CCOCC1. The van der Waals surface area contributed by atoms with E-state index in [4.69, 9.17) is 14.2 Å². The molecule has 8 nitrogen and oxygen atoms in total. The zero-order valence-corrected chi connectivity index (χ0v) is 19.4. The Balaban J connectivity index is 1.48. The molecule has 33 heavy (non-hydrogen) atoms. The number of benzene rings is 2. The fourth-order valence-corrected chi connectivity index (χ4v) is 5.73. The Morgan fingerprint density at radius 2 is 1.67 bits per heavy atom. The first-order valence-electron chi connectivity index (χ1n) is 11.0. The van der Waals surface area contributed by atoms with Crippen LogP contribution in [0.2, 0.25) is 0 Å². The number of aryl methyl sites for hydroxylation is 2. The largest absolute Gasteiger partial charge is 0.495 e. The third-order valence-corrected chi connectivity index (χ3v) is 7.91. The van der Waals surface area contributed by atoms with Gasteiger partial charge < -0.3 is 14.2 Å². The summed E-state index contributed by atoms with van der Waals surface area (Å²) in [6, 6.07) is 9.68. The number of carbonyl (C=O) groups is 2. The molecule has 4 rings (SSSR count). The molecular weight excluding hydrogens is 446 g/mol. The van der Waals surface area contributed by atoms with Crippen molar-refractivity contribution in [3.63, 3.8) is 0 Å². The molecule has 1 aliphatic heterocycles. The topological polar surface area (TPSA) is 99.2 Å². The molecule has 1 fully saturated rings. The summed E-state index contributed by atoms with van der Waals surface area (Å²) in [5.74, 6) is -0.947. The van der Waals surface area contributed by atoms with Crippen LogP contribution in [0.4, 0.5) is 0 Å². The Hall–Kier alpha value is -2.75. The van der Waals surface area contributed by atoms with Crippen LogP contribution in [0.25, 0.3) is 0 Å². The molecule has 176 valence electrons. The maximum atomic E-state index is 13.1. The van der Waals surface area contributed by atoms with Crippen molar-refractivity contribution in [2.75, 3.05) is 40.0 Å². The van der Waals surface area contributed by atoms with E-state index in [2.05, 4.69) is 0 Å². The van der Waals surface area contributed by atoms with E-state index < -0.39 is 22.6 Å². The van der Waals surface area contributed by atoms with Gasteiger partial charge in [-0.1, -0.05) is 12.1 Å². The van der Waals surface area contributed by atoms with Crippen molar-refractivity contribution in [2.45, 2.75) is 30.6 Å². The summed E-state index contributed by atoms with van der Waals surface area (Å²) in [7, 11) is -2.53. The van der Waals surface area contributed by atoms with Crippen molar-refractivity contribution in [2.24, 2.45) is 0 Å². The summed E-state index contributed by atoms with van der Waals surface area (Å²) in [5, 5.41) is 0. The van der Waals surface area contributed by atoms with Gasteiger partial charge in [-0.05, 0) is 61.1 Å². The number of fused-ring (bicyclic) bond motifs is 1. The van der Waals surface area contributed by atoms with Gasteiger partial charge in [0.05, 0.1) is 25.9 Å². The van der Waals surface area contributed by atoms with Gasteiger partial charge in [0.1, 0.15) is 10.6 Å². The molecule has 0 amide bonds. The first-order valence-corrected chi connectivity index (χ1v) is 12.4. The molecule has 2 aromatic rings. The molecule has 0 radical (unpaired) electrons. The monoisotopic (exact) mass is 473 g/mol. The molecule has 2 aromatic carbocycles. The molecule has 0 bridgehead atoms. The quantitative estimate of drug-likeness (QED) is 0.450. The van der Waals surface area contributed by atoms with Gasteiger partial charge in [0, 0.05) is 18.7 Å². The van der Waals surface area contributed by atoms with Gasteiger partial charge in [0.15, 0.2) is 12.4 Å². The van der Waals surface area contributed by atoms with E-state index in [1.807, 2.05) is 12.1 Å². The summed E-state index contributed by atoms with van der Waals surface area (Å²) < 4.78 is 43.1. The summed E-state index contributed by atoms with van der Waals surface area (Å²) in [4.78, 5) is 25.1. The highest BCUT2D eigenvalue weighted by Crippen LogP contribution is 2.29. The molecular formula is C24H27NO7S. The molecule has 0 aromatic heterocycles. The molecule has 2 aliphatic rings. The van der Waals surface area contributed by atoms with Crippen molar-refractivity contribution in [3.8, 4) is 5.75 Å². The minimum absolute atomic E-state index is 0.0286. The van der Waals surface area contributed by atoms with Crippen LogP contribution in [-0.4, -0.2) is 64.5 Å². The van der Waals surface area contributed by atoms with Gasteiger partial charge in [-0.15, -0.1) is 0 Å². The number of morpholine rings is 1.